The Labute approximate surface area is 127 Å². The van der Waals surface area contributed by atoms with Crippen LogP contribution < -0.4 is 10.2 Å². The zero-order valence-corrected chi connectivity index (χ0v) is 13.3. The van der Waals surface area contributed by atoms with Crippen LogP contribution in [0.5, 0.6) is 0 Å². The minimum absolute atomic E-state index is 0.0420. The van der Waals surface area contributed by atoms with Crippen LogP contribution in [0.2, 0.25) is 0 Å². The van der Waals surface area contributed by atoms with Gasteiger partial charge in [0.1, 0.15) is 6.61 Å². The Kier molecular flexibility index (Phi) is 6.71. The first-order valence-electron chi connectivity index (χ1n) is 6.86. The Morgan fingerprint density at radius 1 is 1.40 bits per heavy atom. The molecule has 0 bridgehead atoms. The van der Waals surface area contributed by atoms with Gasteiger partial charge in [-0.3, -0.25) is 10.1 Å². The van der Waals surface area contributed by atoms with Crippen LogP contribution in [0.3, 0.4) is 0 Å². The first kappa shape index (κ1) is 15.7. The summed E-state index contributed by atoms with van der Waals surface area (Å²) in [6, 6.07) is 0. The predicted octanol–water partition coefficient (Wildman–Crippen LogP) is 0.284. The van der Waals surface area contributed by atoms with E-state index in [1.54, 1.807) is 16.7 Å². The predicted molar refractivity (Wildman–Crippen MR) is 80.6 cm³/mol. The van der Waals surface area contributed by atoms with Gasteiger partial charge in [-0.1, -0.05) is 23.1 Å². The second-order valence-corrected chi connectivity index (χ2v) is 7.08. The van der Waals surface area contributed by atoms with Gasteiger partial charge in [-0.05, 0) is 19.3 Å². The molecule has 8 heteroatoms. The molecule has 1 amide bonds. The van der Waals surface area contributed by atoms with E-state index in [-0.39, 0.29) is 12.5 Å². The van der Waals surface area contributed by atoms with E-state index in [1.807, 2.05) is 0 Å². The first-order chi connectivity index (χ1) is 9.78. The summed E-state index contributed by atoms with van der Waals surface area (Å²) in [6.07, 6.45) is 4.10. The number of piperidine rings is 1. The average Bonchev–Trinajstić information content (AvgIpc) is 2.88. The van der Waals surface area contributed by atoms with Gasteiger partial charge in [0, 0.05) is 12.9 Å². The lowest BCUT2D eigenvalue weighted by Gasteiger charge is -2.22. The van der Waals surface area contributed by atoms with E-state index >= 15 is 0 Å². The minimum atomic E-state index is -0.196. The number of nitrogens with one attached hydrogen (secondary N) is 2. The van der Waals surface area contributed by atoms with Crippen LogP contribution in [0.4, 0.5) is 5.13 Å². The number of anilines is 1. The monoisotopic (exact) mass is 317 g/mol. The molecule has 0 aliphatic carbocycles. The molecule has 0 radical (unpaired) electrons. The number of nitrogens with zero attached hydrogens (tertiary/aromatic N) is 2. The highest BCUT2D eigenvalue weighted by atomic mass is 32.2. The number of rotatable bonds is 7. The maximum absolute atomic E-state index is 11.3. The summed E-state index contributed by atoms with van der Waals surface area (Å²) < 4.78 is 5.66. The number of thioether (sulfide) groups is 1. The zero-order chi connectivity index (χ0) is 14.2. The summed E-state index contributed by atoms with van der Waals surface area (Å²) in [5, 5.41) is 11.2. The first-order valence-corrected chi connectivity index (χ1v) is 8.67. The molecule has 2 rings (SSSR count). The topological polar surface area (TPSA) is 68.5 Å². The highest BCUT2D eigenvalue weighted by molar-refractivity contribution is 8.01. The van der Waals surface area contributed by atoms with Crippen LogP contribution in [-0.2, 0) is 9.53 Å². The van der Waals surface area contributed by atoms with E-state index in [0.29, 0.717) is 5.13 Å². The van der Waals surface area contributed by atoms with Crippen molar-refractivity contribution >= 4 is 34.1 Å². The quantitative estimate of drug-likeness (QED) is 0.559. The lowest BCUT2D eigenvalue weighted by atomic mass is 10.1. The fourth-order valence-electron chi connectivity index (χ4n) is 2.19. The standard InChI is InChI=1S/C12H20N4O2S2/c1-18-9-10(17)13-11-14-15-12(20-11)19-8-7-16-5-3-2-4-6-16/h2-9H2,1H3,(H,13,14,17)/p+1. The normalized spacial score (nSPS) is 16.2. The van der Waals surface area contributed by atoms with Gasteiger partial charge in [0.25, 0.3) is 5.91 Å². The van der Waals surface area contributed by atoms with Crippen LogP contribution >= 0.6 is 23.1 Å². The molecule has 1 fully saturated rings. The molecular formula is C12H21N4O2S2+. The molecular weight excluding hydrogens is 296 g/mol. The van der Waals surface area contributed by atoms with Crippen molar-refractivity contribution in [1.29, 1.82) is 0 Å². The van der Waals surface area contributed by atoms with Crippen LogP contribution in [-0.4, -0.2) is 55.2 Å². The smallest absolute Gasteiger partial charge is 0.252 e. The summed E-state index contributed by atoms with van der Waals surface area (Å²) in [5.74, 6) is 0.855. The van der Waals surface area contributed by atoms with Crippen molar-refractivity contribution in [2.45, 2.75) is 23.6 Å². The largest absolute Gasteiger partial charge is 0.375 e. The maximum atomic E-state index is 11.3. The van der Waals surface area contributed by atoms with Gasteiger partial charge in [0.2, 0.25) is 5.13 Å². The summed E-state index contributed by atoms with van der Waals surface area (Å²) in [4.78, 5) is 13.0. The molecule has 1 saturated heterocycles. The van der Waals surface area contributed by atoms with E-state index in [9.17, 15) is 4.79 Å². The van der Waals surface area contributed by atoms with Crippen molar-refractivity contribution in [2.75, 3.05) is 44.4 Å². The lowest BCUT2D eigenvalue weighted by Crippen LogP contribution is -3.13. The number of ether oxygens (including phenoxy) is 1. The average molecular weight is 317 g/mol. The SMILES string of the molecule is COCC(=O)Nc1nnc(SCC[NH+]2CCCCC2)s1. The van der Waals surface area contributed by atoms with Gasteiger partial charge in [0.15, 0.2) is 4.34 Å². The number of aromatic nitrogens is 2. The number of carbonyl (C=O) groups excluding carboxylic acids is 1. The fraction of sp³-hybridized carbons (Fsp3) is 0.750. The Balaban J connectivity index is 1.68. The molecule has 112 valence electrons. The van der Waals surface area contributed by atoms with E-state index in [0.717, 1.165) is 10.1 Å². The van der Waals surface area contributed by atoms with Crippen LogP contribution in [0, 0.1) is 0 Å². The molecule has 1 aliphatic rings. The molecule has 0 unspecified atom stereocenters. The molecule has 6 nitrogen and oxygen atoms in total. The van der Waals surface area contributed by atoms with Gasteiger partial charge in [-0.2, -0.15) is 0 Å². The Hall–Kier alpha value is -0.700. The number of hydrogen-bond donors (Lipinski definition) is 2. The number of hydrogen-bond acceptors (Lipinski definition) is 6. The summed E-state index contributed by atoms with van der Waals surface area (Å²) in [5.41, 5.74) is 0. The Morgan fingerprint density at radius 3 is 2.95 bits per heavy atom. The second kappa shape index (κ2) is 8.56. The van der Waals surface area contributed by atoms with Crippen molar-refractivity contribution in [3.8, 4) is 0 Å². The van der Waals surface area contributed by atoms with E-state index in [1.165, 1.54) is 57.3 Å². The number of likely N-dealkylation sites (tertiary alicyclic amines) is 1. The molecule has 2 N–H and O–H groups in total. The van der Waals surface area contributed by atoms with Crippen molar-refractivity contribution in [3.63, 3.8) is 0 Å². The highest BCUT2D eigenvalue weighted by Gasteiger charge is 2.14. The van der Waals surface area contributed by atoms with Crippen molar-refractivity contribution < 1.29 is 14.4 Å². The van der Waals surface area contributed by atoms with Crippen molar-refractivity contribution in [3.05, 3.63) is 0 Å². The number of methoxy groups -OCH3 is 1. The molecule has 2 heterocycles. The molecule has 1 aromatic heterocycles. The Morgan fingerprint density at radius 2 is 2.20 bits per heavy atom. The number of quaternary nitrogens is 1. The highest BCUT2D eigenvalue weighted by Crippen LogP contribution is 2.24. The van der Waals surface area contributed by atoms with Crippen LogP contribution in [0.15, 0.2) is 4.34 Å². The summed E-state index contributed by atoms with van der Waals surface area (Å²) >= 11 is 3.13. The van der Waals surface area contributed by atoms with Gasteiger partial charge in [-0.15, -0.1) is 10.2 Å². The van der Waals surface area contributed by atoms with Crippen molar-refractivity contribution in [1.82, 2.24) is 10.2 Å². The van der Waals surface area contributed by atoms with E-state index in [4.69, 9.17) is 4.74 Å². The summed E-state index contributed by atoms with van der Waals surface area (Å²) in [6.45, 7) is 3.82. The minimum Gasteiger partial charge on any atom is -0.375 e. The van der Waals surface area contributed by atoms with Gasteiger partial charge < -0.3 is 9.64 Å². The molecule has 0 spiro atoms. The third-order valence-corrected chi connectivity index (χ3v) is 5.14. The molecule has 1 aromatic rings. The molecule has 0 saturated carbocycles. The van der Waals surface area contributed by atoms with E-state index in [2.05, 4.69) is 15.5 Å². The zero-order valence-electron chi connectivity index (χ0n) is 11.7. The number of carbonyl (C=O) groups is 1. The molecule has 0 atom stereocenters. The second-order valence-electron chi connectivity index (χ2n) is 4.76. The van der Waals surface area contributed by atoms with Gasteiger partial charge in [0.05, 0.1) is 19.6 Å². The summed E-state index contributed by atoms with van der Waals surface area (Å²) in [7, 11) is 1.49. The Bertz CT molecular complexity index is 421. The lowest BCUT2D eigenvalue weighted by molar-refractivity contribution is -0.902. The van der Waals surface area contributed by atoms with Gasteiger partial charge >= 0.3 is 0 Å². The molecule has 1 aliphatic heterocycles. The number of amides is 1. The van der Waals surface area contributed by atoms with Crippen molar-refractivity contribution in [2.24, 2.45) is 0 Å². The molecule has 20 heavy (non-hydrogen) atoms. The molecule has 0 aromatic carbocycles. The third-order valence-electron chi connectivity index (χ3n) is 3.17. The van der Waals surface area contributed by atoms with Crippen LogP contribution in [0.25, 0.3) is 0 Å². The maximum Gasteiger partial charge on any atom is 0.252 e. The third kappa shape index (κ3) is 5.35. The van der Waals surface area contributed by atoms with Crippen LogP contribution in [0.1, 0.15) is 19.3 Å². The van der Waals surface area contributed by atoms with E-state index < -0.39 is 0 Å². The van der Waals surface area contributed by atoms with Gasteiger partial charge in [-0.25, -0.2) is 0 Å². The fourth-order valence-corrected chi connectivity index (χ4v) is 4.07.